The molecule has 0 rings (SSSR count). The van der Waals surface area contributed by atoms with Gasteiger partial charge in [-0.2, -0.15) is 0 Å². The summed E-state index contributed by atoms with van der Waals surface area (Å²) in [5.41, 5.74) is 0. The summed E-state index contributed by atoms with van der Waals surface area (Å²) >= 11 is 0. The Morgan fingerprint density at radius 1 is 0.679 bits per heavy atom. The maximum Gasteiger partial charge on any atom is 0.306 e. The van der Waals surface area contributed by atoms with Crippen LogP contribution in [-0.4, -0.2) is 37.6 Å². The quantitative estimate of drug-likeness (QED) is 0.148. The van der Waals surface area contributed by atoms with E-state index in [2.05, 4.69) is 32.8 Å². The van der Waals surface area contributed by atoms with E-state index in [-0.39, 0.29) is 12.1 Å². The van der Waals surface area contributed by atoms with E-state index >= 15 is 0 Å². The molecule has 0 aliphatic rings. The normalized spacial score (nSPS) is 11.5. The molecule has 0 atom stereocenters. The summed E-state index contributed by atoms with van der Waals surface area (Å²) in [6, 6.07) is 0. The highest BCUT2D eigenvalue weighted by molar-refractivity contribution is 5.69. The number of carbonyl (C=O) groups excluding carboxylic acids is 1. The van der Waals surface area contributed by atoms with E-state index in [0.29, 0.717) is 6.42 Å². The fourth-order valence-corrected chi connectivity index (χ4v) is 3.70. The lowest BCUT2D eigenvalue weighted by atomic mass is 10.0. The molecule has 0 bridgehead atoms. The van der Waals surface area contributed by atoms with Gasteiger partial charge in [0.1, 0.15) is 6.10 Å². The predicted molar refractivity (Wildman–Crippen MR) is 123 cm³/mol. The summed E-state index contributed by atoms with van der Waals surface area (Å²) in [5, 5.41) is 0. The van der Waals surface area contributed by atoms with Crippen molar-refractivity contribution in [3.8, 4) is 0 Å². The van der Waals surface area contributed by atoms with Gasteiger partial charge < -0.3 is 9.64 Å². The van der Waals surface area contributed by atoms with Crippen LogP contribution in [0, 0.1) is 0 Å². The Bertz CT molecular complexity index is 313. The third kappa shape index (κ3) is 20.2. The lowest BCUT2D eigenvalue weighted by molar-refractivity contribution is -0.150. The van der Waals surface area contributed by atoms with Crippen LogP contribution < -0.4 is 0 Å². The largest absolute Gasteiger partial charge is 0.462 e. The number of ether oxygens (including phenoxy) is 1. The zero-order chi connectivity index (χ0) is 20.9. The van der Waals surface area contributed by atoms with Crippen molar-refractivity contribution in [2.75, 3.05) is 20.6 Å². The van der Waals surface area contributed by atoms with Crippen molar-refractivity contribution in [3.63, 3.8) is 0 Å². The van der Waals surface area contributed by atoms with E-state index in [9.17, 15) is 4.79 Å². The van der Waals surface area contributed by atoms with Gasteiger partial charge in [-0.3, -0.25) is 4.79 Å². The van der Waals surface area contributed by atoms with Gasteiger partial charge in [0.05, 0.1) is 0 Å². The smallest absolute Gasteiger partial charge is 0.306 e. The fourth-order valence-electron chi connectivity index (χ4n) is 3.70. The maximum absolute atomic E-state index is 12.2. The Morgan fingerprint density at radius 2 is 1.11 bits per heavy atom. The first-order valence-electron chi connectivity index (χ1n) is 12.4. The van der Waals surface area contributed by atoms with Crippen molar-refractivity contribution in [1.82, 2.24) is 4.90 Å². The minimum absolute atomic E-state index is 0.0118. The molecule has 3 nitrogen and oxygen atoms in total. The van der Waals surface area contributed by atoms with Gasteiger partial charge in [0.2, 0.25) is 0 Å². The molecule has 0 heterocycles. The molecule has 0 amide bonds. The number of rotatable bonds is 21. The molecule has 0 fully saturated rings. The van der Waals surface area contributed by atoms with E-state index in [1.807, 2.05) is 0 Å². The van der Waals surface area contributed by atoms with Crippen molar-refractivity contribution in [1.29, 1.82) is 0 Å². The first-order chi connectivity index (χ1) is 13.6. The summed E-state index contributed by atoms with van der Waals surface area (Å²) < 4.78 is 5.87. The first kappa shape index (κ1) is 27.4. The second-order valence-corrected chi connectivity index (χ2v) is 8.84. The zero-order valence-electron chi connectivity index (χ0n) is 19.8. The Morgan fingerprint density at radius 3 is 1.54 bits per heavy atom. The van der Waals surface area contributed by atoms with E-state index < -0.39 is 0 Å². The molecule has 0 aromatic carbocycles. The average molecular weight is 398 g/mol. The monoisotopic (exact) mass is 397 g/mol. The van der Waals surface area contributed by atoms with Crippen molar-refractivity contribution >= 4 is 5.97 Å². The number of unbranched alkanes of at least 4 members (excludes halogenated alkanes) is 12. The van der Waals surface area contributed by atoms with Crippen LogP contribution in [0.25, 0.3) is 0 Å². The van der Waals surface area contributed by atoms with Gasteiger partial charge in [-0.25, -0.2) is 0 Å². The highest BCUT2D eigenvalue weighted by Gasteiger charge is 2.14. The third-order valence-corrected chi connectivity index (χ3v) is 5.54. The van der Waals surface area contributed by atoms with Crippen LogP contribution in [-0.2, 0) is 9.53 Å². The van der Waals surface area contributed by atoms with Crippen molar-refractivity contribution in [3.05, 3.63) is 0 Å². The summed E-state index contributed by atoms with van der Waals surface area (Å²) in [4.78, 5) is 14.3. The molecule has 0 N–H and O–H groups in total. The first-order valence-corrected chi connectivity index (χ1v) is 12.4. The SMILES string of the molecule is CCCCCCCCCC(CCCCCCCCC)OC(=O)CCCN(C)C. The van der Waals surface area contributed by atoms with Crippen LogP contribution in [0.5, 0.6) is 0 Å². The summed E-state index contributed by atoms with van der Waals surface area (Å²) in [6.07, 6.45) is 22.2. The van der Waals surface area contributed by atoms with Crippen molar-refractivity contribution in [2.24, 2.45) is 0 Å². The predicted octanol–water partition coefficient (Wildman–Crippen LogP) is 7.52. The topological polar surface area (TPSA) is 29.5 Å². The molecule has 168 valence electrons. The minimum atomic E-state index is 0.0118. The standard InChI is InChI=1S/C25H51NO2/c1-5-7-9-11-13-15-17-20-24(21-18-16-14-12-10-8-6-2)28-25(27)22-19-23-26(3)4/h24H,5-23H2,1-4H3. The Kier molecular flexibility index (Phi) is 20.7. The maximum atomic E-state index is 12.2. The number of hydrogen-bond donors (Lipinski definition) is 0. The third-order valence-electron chi connectivity index (χ3n) is 5.54. The Hall–Kier alpha value is -0.570. The molecule has 0 saturated heterocycles. The molecule has 0 aromatic heterocycles. The molecule has 3 heteroatoms. The lowest BCUT2D eigenvalue weighted by Crippen LogP contribution is -2.20. The van der Waals surface area contributed by atoms with E-state index in [4.69, 9.17) is 4.74 Å². The molecule has 0 aliphatic heterocycles. The van der Waals surface area contributed by atoms with Gasteiger partial charge in [-0.1, -0.05) is 90.9 Å². The average Bonchev–Trinajstić information content (AvgIpc) is 2.66. The molecular weight excluding hydrogens is 346 g/mol. The van der Waals surface area contributed by atoms with Gasteiger partial charge in [-0.15, -0.1) is 0 Å². The van der Waals surface area contributed by atoms with Crippen molar-refractivity contribution < 1.29 is 9.53 Å². The molecule has 0 aromatic rings. The van der Waals surface area contributed by atoms with E-state index in [1.54, 1.807) is 0 Å². The summed E-state index contributed by atoms with van der Waals surface area (Å²) in [7, 11) is 4.10. The second-order valence-electron chi connectivity index (χ2n) is 8.84. The molecule has 0 spiro atoms. The summed E-state index contributed by atoms with van der Waals surface area (Å²) in [5.74, 6) is 0.0118. The van der Waals surface area contributed by atoms with Crippen LogP contribution in [0.2, 0.25) is 0 Å². The number of esters is 1. The molecule has 0 aliphatic carbocycles. The second kappa shape index (κ2) is 21.1. The van der Waals surface area contributed by atoms with Gasteiger partial charge in [0.15, 0.2) is 0 Å². The molecular formula is C25H51NO2. The molecule has 28 heavy (non-hydrogen) atoms. The van der Waals surface area contributed by atoms with Crippen molar-refractivity contribution in [2.45, 2.75) is 136 Å². The lowest BCUT2D eigenvalue weighted by Gasteiger charge is -2.18. The number of hydrogen-bond acceptors (Lipinski definition) is 3. The van der Waals surface area contributed by atoms with Gasteiger partial charge in [0, 0.05) is 6.42 Å². The highest BCUT2D eigenvalue weighted by atomic mass is 16.5. The molecule has 0 saturated carbocycles. The van der Waals surface area contributed by atoms with Gasteiger partial charge in [-0.05, 0) is 52.7 Å². The van der Waals surface area contributed by atoms with Crippen LogP contribution in [0.15, 0.2) is 0 Å². The number of carbonyl (C=O) groups is 1. The minimum Gasteiger partial charge on any atom is -0.462 e. The van der Waals surface area contributed by atoms with E-state index in [1.165, 1.54) is 89.9 Å². The van der Waals surface area contributed by atoms with E-state index in [0.717, 1.165) is 25.8 Å². The molecule has 0 unspecified atom stereocenters. The highest BCUT2D eigenvalue weighted by Crippen LogP contribution is 2.18. The molecule has 0 radical (unpaired) electrons. The Balaban J connectivity index is 4.02. The van der Waals surface area contributed by atoms with Crippen LogP contribution in [0.3, 0.4) is 0 Å². The summed E-state index contributed by atoms with van der Waals surface area (Å²) in [6.45, 7) is 5.48. The van der Waals surface area contributed by atoms with Crippen LogP contribution in [0.4, 0.5) is 0 Å². The Labute approximate surface area is 177 Å². The number of nitrogens with zero attached hydrogens (tertiary/aromatic N) is 1. The van der Waals surface area contributed by atoms with Gasteiger partial charge in [0.25, 0.3) is 0 Å². The fraction of sp³-hybridized carbons (Fsp3) is 0.960. The van der Waals surface area contributed by atoms with Gasteiger partial charge >= 0.3 is 5.97 Å². The zero-order valence-corrected chi connectivity index (χ0v) is 19.8. The van der Waals surface area contributed by atoms with Crippen LogP contribution >= 0.6 is 0 Å². The van der Waals surface area contributed by atoms with Crippen LogP contribution in [0.1, 0.15) is 129 Å².